The molecule has 23 heavy (non-hydrogen) atoms. The Kier molecular flexibility index (Phi) is 4.10. The van der Waals surface area contributed by atoms with E-state index in [9.17, 15) is 9.59 Å². The minimum atomic E-state index is -0.402. The van der Waals surface area contributed by atoms with Gasteiger partial charge in [0.25, 0.3) is 0 Å². The second-order valence-electron chi connectivity index (χ2n) is 5.25. The zero-order valence-electron chi connectivity index (χ0n) is 12.6. The second-order valence-corrected chi connectivity index (χ2v) is 5.25. The van der Waals surface area contributed by atoms with Gasteiger partial charge in [-0.25, -0.2) is 9.59 Å². The molecule has 5 nitrogen and oxygen atoms in total. The number of hydrogen-bond donors (Lipinski definition) is 2. The molecular formula is C18H16N2O3. The Bertz CT molecular complexity index is 901. The smallest absolute Gasteiger partial charge is 0.336 e. The van der Waals surface area contributed by atoms with Crippen LogP contribution in [-0.2, 0) is 6.54 Å². The van der Waals surface area contributed by atoms with Crippen LogP contribution in [0.25, 0.3) is 11.0 Å². The number of amides is 2. The quantitative estimate of drug-likeness (QED) is 0.728. The highest BCUT2D eigenvalue weighted by atomic mass is 16.4. The standard InChI is InChI=1S/C18H16N2O3/c1-12-9-17(21)23-16-10-14(7-8-15(12)16)20-18(22)19-11-13-5-3-2-4-6-13/h2-10H,11H2,1H3,(H2,19,20,22). The molecule has 0 aliphatic rings. The summed E-state index contributed by atoms with van der Waals surface area (Å²) in [5.74, 6) is 0. The molecule has 3 rings (SSSR count). The normalized spacial score (nSPS) is 10.5. The molecule has 2 amide bonds. The average Bonchev–Trinajstić information content (AvgIpc) is 2.53. The van der Waals surface area contributed by atoms with E-state index >= 15 is 0 Å². The molecule has 0 saturated heterocycles. The van der Waals surface area contributed by atoms with Gasteiger partial charge in [0.15, 0.2) is 0 Å². The Morgan fingerprint density at radius 3 is 2.65 bits per heavy atom. The van der Waals surface area contributed by atoms with Crippen LogP contribution in [0.2, 0.25) is 0 Å². The largest absolute Gasteiger partial charge is 0.423 e. The molecule has 0 spiro atoms. The van der Waals surface area contributed by atoms with E-state index in [1.165, 1.54) is 6.07 Å². The van der Waals surface area contributed by atoms with Crippen molar-refractivity contribution in [2.24, 2.45) is 0 Å². The van der Waals surface area contributed by atoms with Gasteiger partial charge in [0.05, 0.1) is 0 Å². The third-order valence-electron chi connectivity index (χ3n) is 3.51. The second kappa shape index (κ2) is 6.36. The molecule has 0 radical (unpaired) electrons. The summed E-state index contributed by atoms with van der Waals surface area (Å²) in [4.78, 5) is 23.4. The van der Waals surface area contributed by atoms with Crippen molar-refractivity contribution >= 4 is 22.7 Å². The lowest BCUT2D eigenvalue weighted by Crippen LogP contribution is -2.28. The van der Waals surface area contributed by atoms with E-state index in [1.54, 1.807) is 12.1 Å². The van der Waals surface area contributed by atoms with Gasteiger partial charge in [-0.2, -0.15) is 0 Å². The number of carbonyl (C=O) groups excluding carboxylic acids is 1. The first-order chi connectivity index (χ1) is 11.1. The lowest BCUT2D eigenvalue weighted by atomic mass is 10.1. The van der Waals surface area contributed by atoms with Crippen LogP contribution in [0.5, 0.6) is 0 Å². The highest BCUT2D eigenvalue weighted by Gasteiger charge is 2.06. The van der Waals surface area contributed by atoms with Crippen LogP contribution in [0, 0.1) is 6.92 Å². The Morgan fingerprint density at radius 2 is 1.87 bits per heavy atom. The van der Waals surface area contributed by atoms with Crippen LogP contribution in [0.4, 0.5) is 10.5 Å². The van der Waals surface area contributed by atoms with E-state index in [2.05, 4.69) is 10.6 Å². The zero-order valence-corrected chi connectivity index (χ0v) is 12.6. The van der Waals surface area contributed by atoms with Crippen LogP contribution in [0.1, 0.15) is 11.1 Å². The van der Waals surface area contributed by atoms with Crippen LogP contribution in [0.15, 0.2) is 63.8 Å². The predicted molar refractivity (Wildman–Crippen MR) is 89.5 cm³/mol. The summed E-state index contributed by atoms with van der Waals surface area (Å²) in [5.41, 5.74) is 2.48. The summed E-state index contributed by atoms with van der Waals surface area (Å²) in [6.45, 7) is 2.29. The number of anilines is 1. The first-order valence-corrected chi connectivity index (χ1v) is 7.25. The summed E-state index contributed by atoms with van der Waals surface area (Å²) in [6.07, 6.45) is 0. The van der Waals surface area contributed by atoms with E-state index in [-0.39, 0.29) is 6.03 Å². The number of carbonyl (C=O) groups is 1. The van der Waals surface area contributed by atoms with Crippen molar-refractivity contribution in [2.45, 2.75) is 13.5 Å². The molecule has 0 fully saturated rings. The fraction of sp³-hybridized carbons (Fsp3) is 0.111. The lowest BCUT2D eigenvalue weighted by molar-refractivity contribution is 0.251. The van der Waals surface area contributed by atoms with Crippen molar-refractivity contribution in [1.82, 2.24) is 5.32 Å². The number of urea groups is 1. The molecule has 0 unspecified atom stereocenters. The Morgan fingerprint density at radius 1 is 1.09 bits per heavy atom. The van der Waals surface area contributed by atoms with Crippen LogP contribution in [0.3, 0.4) is 0 Å². The van der Waals surface area contributed by atoms with Crippen molar-refractivity contribution < 1.29 is 9.21 Å². The molecule has 0 atom stereocenters. The van der Waals surface area contributed by atoms with Crippen molar-refractivity contribution in [1.29, 1.82) is 0 Å². The topological polar surface area (TPSA) is 71.3 Å². The summed E-state index contributed by atoms with van der Waals surface area (Å²) >= 11 is 0. The van der Waals surface area contributed by atoms with E-state index in [4.69, 9.17) is 4.42 Å². The van der Waals surface area contributed by atoms with Crippen molar-refractivity contribution in [2.75, 3.05) is 5.32 Å². The maximum absolute atomic E-state index is 11.9. The summed E-state index contributed by atoms with van der Waals surface area (Å²) in [6, 6.07) is 16.0. The molecule has 0 aliphatic heterocycles. The number of aryl methyl sites for hydroxylation is 1. The van der Waals surface area contributed by atoms with Gasteiger partial charge in [-0.1, -0.05) is 30.3 Å². The van der Waals surface area contributed by atoms with Crippen molar-refractivity contribution in [3.8, 4) is 0 Å². The molecular weight excluding hydrogens is 292 g/mol. The molecule has 2 aromatic carbocycles. The maximum Gasteiger partial charge on any atom is 0.336 e. The minimum Gasteiger partial charge on any atom is -0.423 e. The zero-order chi connectivity index (χ0) is 16.2. The molecule has 1 aromatic heterocycles. The highest BCUT2D eigenvalue weighted by Crippen LogP contribution is 2.20. The molecule has 3 aromatic rings. The molecule has 0 saturated carbocycles. The number of rotatable bonds is 3. The minimum absolute atomic E-state index is 0.316. The van der Waals surface area contributed by atoms with E-state index < -0.39 is 5.63 Å². The van der Waals surface area contributed by atoms with Crippen LogP contribution < -0.4 is 16.3 Å². The SMILES string of the molecule is Cc1cc(=O)oc2cc(NC(=O)NCc3ccccc3)ccc12. The summed E-state index contributed by atoms with van der Waals surface area (Å²) < 4.78 is 5.17. The van der Waals surface area contributed by atoms with Crippen molar-refractivity contribution in [3.63, 3.8) is 0 Å². The highest BCUT2D eigenvalue weighted by molar-refractivity contribution is 5.92. The maximum atomic E-state index is 11.9. The summed E-state index contributed by atoms with van der Waals surface area (Å²) in [5, 5.41) is 6.35. The fourth-order valence-electron chi connectivity index (χ4n) is 2.36. The third kappa shape index (κ3) is 3.58. The van der Waals surface area contributed by atoms with Gasteiger partial charge in [-0.3, -0.25) is 0 Å². The van der Waals surface area contributed by atoms with Crippen LogP contribution >= 0.6 is 0 Å². The molecule has 2 N–H and O–H groups in total. The van der Waals surface area contributed by atoms with E-state index in [0.717, 1.165) is 16.5 Å². The van der Waals surface area contributed by atoms with Gasteiger partial charge < -0.3 is 15.1 Å². The Labute approximate surface area is 132 Å². The molecule has 1 heterocycles. The number of nitrogens with one attached hydrogen (secondary N) is 2. The monoisotopic (exact) mass is 308 g/mol. The first kappa shape index (κ1) is 14.8. The van der Waals surface area contributed by atoms with E-state index in [1.807, 2.05) is 43.3 Å². The Balaban J connectivity index is 1.71. The predicted octanol–water partition coefficient (Wildman–Crippen LogP) is 3.42. The Hall–Kier alpha value is -3.08. The van der Waals surface area contributed by atoms with Gasteiger partial charge in [0.1, 0.15) is 5.58 Å². The average molecular weight is 308 g/mol. The fourth-order valence-corrected chi connectivity index (χ4v) is 2.36. The number of benzene rings is 2. The van der Waals surface area contributed by atoms with Gasteiger partial charge in [0, 0.05) is 29.8 Å². The number of hydrogen-bond acceptors (Lipinski definition) is 3. The molecule has 5 heteroatoms. The van der Waals surface area contributed by atoms with Gasteiger partial charge in [-0.05, 0) is 30.2 Å². The molecule has 0 aliphatic carbocycles. The van der Waals surface area contributed by atoms with Gasteiger partial charge in [-0.15, -0.1) is 0 Å². The molecule has 116 valence electrons. The van der Waals surface area contributed by atoms with Gasteiger partial charge in [0.2, 0.25) is 0 Å². The van der Waals surface area contributed by atoms with Gasteiger partial charge >= 0.3 is 11.7 Å². The third-order valence-corrected chi connectivity index (χ3v) is 3.51. The number of fused-ring (bicyclic) bond motifs is 1. The molecule has 0 bridgehead atoms. The van der Waals surface area contributed by atoms with Crippen molar-refractivity contribution in [3.05, 3.63) is 76.1 Å². The van der Waals surface area contributed by atoms with E-state index in [0.29, 0.717) is 17.8 Å². The summed E-state index contributed by atoms with van der Waals surface area (Å²) in [7, 11) is 0. The lowest BCUT2D eigenvalue weighted by Gasteiger charge is -2.08. The van der Waals surface area contributed by atoms with Crippen LogP contribution in [-0.4, -0.2) is 6.03 Å². The first-order valence-electron chi connectivity index (χ1n) is 7.25.